The van der Waals surface area contributed by atoms with E-state index in [4.69, 9.17) is 21.3 Å². The minimum Gasteiger partial charge on any atom is -0.457 e. The Labute approximate surface area is 184 Å². The van der Waals surface area contributed by atoms with E-state index in [-0.39, 0.29) is 5.56 Å². The fourth-order valence-electron chi connectivity index (χ4n) is 3.55. The maximum absolute atomic E-state index is 13.1. The summed E-state index contributed by atoms with van der Waals surface area (Å²) in [5, 5.41) is 6.08. The van der Waals surface area contributed by atoms with Gasteiger partial charge in [0.15, 0.2) is 0 Å². The molecule has 6 heteroatoms. The smallest absolute Gasteiger partial charge is 0.279 e. The van der Waals surface area contributed by atoms with Gasteiger partial charge in [-0.2, -0.15) is 9.78 Å². The number of nitrogens with two attached hydrogens (primary N) is 2. The quantitative estimate of drug-likeness (QED) is 0.399. The monoisotopic (exact) mass is 420 g/mol. The minimum absolute atomic E-state index is 0.183. The van der Waals surface area contributed by atoms with Crippen LogP contribution in [0.3, 0.4) is 0 Å². The summed E-state index contributed by atoms with van der Waals surface area (Å²) in [6.45, 7) is 0. The van der Waals surface area contributed by atoms with Gasteiger partial charge in [-0.05, 0) is 78.9 Å². The van der Waals surface area contributed by atoms with Crippen molar-refractivity contribution in [3.63, 3.8) is 0 Å². The first-order chi connectivity index (χ1) is 15.6. The lowest BCUT2D eigenvalue weighted by molar-refractivity contribution is 0.483. The first-order valence-corrected chi connectivity index (χ1v) is 10.1. The molecule has 0 aliphatic heterocycles. The van der Waals surface area contributed by atoms with Crippen molar-refractivity contribution < 1.29 is 4.74 Å². The Morgan fingerprint density at radius 3 is 1.81 bits per heavy atom. The third-order valence-electron chi connectivity index (χ3n) is 5.19. The lowest BCUT2D eigenvalue weighted by Gasteiger charge is -2.12. The van der Waals surface area contributed by atoms with E-state index in [1.807, 2.05) is 60.7 Å². The van der Waals surface area contributed by atoms with E-state index in [2.05, 4.69) is 0 Å². The summed E-state index contributed by atoms with van der Waals surface area (Å²) >= 11 is 0. The second kappa shape index (κ2) is 7.92. The number of hydrogen-bond donors (Lipinski definition) is 2. The maximum Gasteiger partial charge on any atom is 0.279 e. The van der Waals surface area contributed by atoms with E-state index >= 15 is 0 Å². The number of ether oxygens (including phenoxy) is 1. The van der Waals surface area contributed by atoms with E-state index in [9.17, 15) is 4.79 Å². The van der Waals surface area contributed by atoms with E-state index < -0.39 is 0 Å². The Morgan fingerprint density at radius 1 is 0.656 bits per heavy atom. The lowest BCUT2D eigenvalue weighted by Crippen LogP contribution is -2.22. The molecule has 0 aliphatic carbocycles. The van der Waals surface area contributed by atoms with E-state index in [1.165, 1.54) is 4.68 Å². The molecule has 0 fully saturated rings. The Balaban J connectivity index is 1.58. The fourth-order valence-corrected chi connectivity index (χ4v) is 3.55. The van der Waals surface area contributed by atoms with Gasteiger partial charge in [0.2, 0.25) is 0 Å². The number of benzene rings is 4. The van der Waals surface area contributed by atoms with Crippen LogP contribution in [0.25, 0.3) is 27.7 Å². The van der Waals surface area contributed by atoms with Crippen molar-refractivity contribution in [2.24, 2.45) is 0 Å². The molecule has 0 saturated carbocycles. The van der Waals surface area contributed by atoms with Crippen molar-refractivity contribution in [2.45, 2.75) is 0 Å². The third-order valence-corrected chi connectivity index (χ3v) is 5.19. The van der Waals surface area contributed by atoms with Gasteiger partial charge in [0.25, 0.3) is 5.56 Å². The average molecular weight is 420 g/mol. The summed E-state index contributed by atoms with van der Waals surface area (Å²) in [7, 11) is 0. The van der Waals surface area contributed by atoms with Crippen molar-refractivity contribution in [1.82, 2.24) is 9.78 Å². The molecule has 32 heavy (non-hydrogen) atoms. The Bertz CT molecular complexity index is 1460. The molecular formula is C26H20N4O2. The first kappa shape index (κ1) is 19.4. The van der Waals surface area contributed by atoms with Crippen LogP contribution in [0.15, 0.2) is 102 Å². The average Bonchev–Trinajstić information content (AvgIpc) is 2.82. The predicted molar refractivity (Wildman–Crippen MR) is 128 cm³/mol. The molecule has 1 heterocycles. The maximum atomic E-state index is 13.1. The molecule has 0 spiro atoms. The van der Waals surface area contributed by atoms with Gasteiger partial charge in [-0.3, -0.25) is 4.79 Å². The zero-order valence-electron chi connectivity index (χ0n) is 17.1. The molecule has 0 radical (unpaired) electrons. The van der Waals surface area contributed by atoms with Crippen molar-refractivity contribution in [3.8, 4) is 28.4 Å². The highest BCUT2D eigenvalue weighted by atomic mass is 16.5. The van der Waals surface area contributed by atoms with Gasteiger partial charge in [-0.25, -0.2) is 0 Å². The highest BCUT2D eigenvalue weighted by Gasteiger charge is 2.13. The molecule has 1 aromatic heterocycles. The van der Waals surface area contributed by atoms with Crippen molar-refractivity contribution in [1.29, 1.82) is 0 Å². The fraction of sp³-hybridized carbons (Fsp3) is 0. The van der Waals surface area contributed by atoms with E-state index in [1.54, 1.807) is 36.4 Å². The number of rotatable bonds is 4. The summed E-state index contributed by atoms with van der Waals surface area (Å²) in [5.74, 6) is 1.39. The zero-order chi connectivity index (χ0) is 22.1. The van der Waals surface area contributed by atoms with E-state index in [0.29, 0.717) is 39.6 Å². The van der Waals surface area contributed by atoms with Crippen LogP contribution in [0.1, 0.15) is 0 Å². The molecule has 156 valence electrons. The molecule has 0 aliphatic rings. The normalized spacial score (nSPS) is 10.9. The van der Waals surface area contributed by atoms with E-state index in [0.717, 1.165) is 10.9 Å². The Kier molecular flexibility index (Phi) is 4.80. The molecule has 4 N–H and O–H groups in total. The largest absolute Gasteiger partial charge is 0.457 e. The molecule has 6 nitrogen and oxygen atoms in total. The highest BCUT2D eigenvalue weighted by Crippen LogP contribution is 2.29. The molecule has 0 atom stereocenters. The molecule has 5 aromatic rings. The van der Waals surface area contributed by atoms with Gasteiger partial charge in [-0.1, -0.05) is 18.2 Å². The summed E-state index contributed by atoms with van der Waals surface area (Å²) in [4.78, 5) is 13.1. The van der Waals surface area contributed by atoms with Gasteiger partial charge in [0.1, 0.15) is 11.5 Å². The lowest BCUT2D eigenvalue weighted by atomic mass is 10.0. The van der Waals surface area contributed by atoms with Crippen LogP contribution in [0.5, 0.6) is 11.5 Å². The van der Waals surface area contributed by atoms with Crippen LogP contribution in [0.4, 0.5) is 11.4 Å². The summed E-state index contributed by atoms with van der Waals surface area (Å²) in [6.07, 6.45) is 0. The first-order valence-electron chi connectivity index (χ1n) is 10.1. The topological polar surface area (TPSA) is 96.2 Å². The number of hydrogen-bond acceptors (Lipinski definition) is 5. The van der Waals surface area contributed by atoms with Gasteiger partial charge < -0.3 is 16.2 Å². The van der Waals surface area contributed by atoms with Crippen molar-refractivity contribution >= 4 is 22.1 Å². The minimum atomic E-state index is -0.183. The SMILES string of the molecule is Nc1ccc(Oc2ccc(-c3nn(-c4ccc(N)cc4)c(=O)c4ccccc34)cc2)cc1. The van der Waals surface area contributed by atoms with Gasteiger partial charge in [-0.15, -0.1) is 0 Å². The number of fused-ring (bicyclic) bond motifs is 1. The van der Waals surface area contributed by atoms with Crippen LogP contribution >= 0.6 is 0 Å². The molecule has 5 rings (SSSR count). The molecule has 0 saturated heterocycles. The molecule has 0 amide bonds. The third kappa shape index (κ3) is 3.65. The van der Waals surface area contributed by atoms with Gasteiger partial charge in [0.05, 0.1) is 16.8 Å². The number of anilines is 2. The molecule has 0 unspecified atom stereocenters. The van der Waals surface area contributed by atoms with Crippen LogP contribution in [-0.2, 0) is 0 Å². The second-order valence-electron chi connectivity index (χ2n) is 7.40. The second-order valence-corrected chi connectivity index (χ2v) is 7.40. The predicted octanol–water partition coefficient (Wildman–Crippen LogP) is 5.01. The Morgan fingerprint density at radius 2 is 1.19 bits per heavy atom. The van der Waals surface area contributed by atoms with Gasteiger partial charge >= 0.3 is 0 Å². The van der Waals surface area contributed by atoms with Gasteiger partial charge in [0, 0.05) is 22.3 Å². The Hall–Kier alpha value is -4.58. The van der Waals surface area contributed by atoms with Crippen molar-refractivity contribution in [3.05, 3.63) is 107 Å². The number of aromatic nitrogens is 2. The summed E-state index contributed by atoms with van der Waals surface area (Å²) < 4.78 is 7.30. The molecular weight excluding hydrogens is 400 g/mol. The van der Waals surface area contributed by atoms with Crippen LogP contribution in [-0.4, -0.2) is 9.78 Å². The zero-order valence-corrected chi connectivity index (χ0v) is 17.1. The number of nitrogen functional groups attached to an aromatic ring is 2. The standard InChI is InChI=1S/C26H20N4O2/c27-18-7-11-20(12-8-18)30-26(31)24-4-2-1-3-23(24)25(29-30)17-5-13-21(14-6-17)32-22-15-9-19(28)10-16-22/h1-16H,27-28H2. The molecule has 0 bridgehead atoms. The summed E-state index contributed by atoms with van der Waals surface area (Å²) in [6, 6.07) is 29.4. The van der Waals surface area contributed by atoms with Crippen LogP contribution in [0, 0.1) is 0 Å². The van der Waals surface area contributed by atoms with Crippen LogP contribution in [0.2, 0.25) is 0 Å². The summed E-state index contributed by atoms with van der Waals surface area (Å²) in [5.41, 5.74) is 14.9. The highest BCUT2D eigenvalue weighted by molar-refractivity contribution is 5.94. The van der Waals surface area contributed by atoms with Crippen LogP contribution < -0.4 is 21.8 Å². The van der Waals surface area contributed by atoms with Crippen molar-refractivity contribution in [2.75, 3.05) is 11.5 Å². The molecule has 4 aromatic carbocycles. The number of nitrogens with zero attached hydrogens (tertiary/aromatic N) is 2.